The first kappa shape index (κ1) is 19.5. The summed E-state index contributed by atoms with van der Waals surface area (Å²) in [5, 5.41) is 7.00. The van der Waals surface area contributed by atoms with Crippen LogP contribution >= 0.6 is 0 Å². The van der Waals surface area contributed by atoms with Crippen molar-refractivity contribution >= 4 is 22.8 Å². The third-order valence-electron chi connectivity index (χ3n) is 5.45. The zero-order valence-corrected chi connectivity index (χ0v) is 16.5. The van der Waals surface area contributed by atoms with Gasteiger partial charge in [-0.1, -0.05) is 51.3 Å². The summed E-state index contributed by atoms with van der Waals surface area (Å²) in [6.45, 7) is 5.81. The second kappa shape index (κ2) is 8.59. The number of benzene rings is 1. The van der Waals surface area contributed by atoms with Crippen molar-refractivity contribution in [2.24, 2.45) is 11.8 Å². The molecular weight excluding hydrogens is 340 g/mol. The molecule has 3 rings (SSSR count). The molecule has 27 heavy (non-hydrogen) atoms. The number of hydrogen-bond donors (Lipinski definition) is 2. The second-order valence-corrected chi connectivity index (χ2v) is 7.98. The van der Waals surface area contributed by atoms with E-state index in [0.29, 0.717) is 5.76 Å². The molecule has 5 heteroatoms. The Morgan fingerprint density at radius 1 is 1.04 bits per heavy atom. The van der Waals surface area contributed by atoms with E-state index in [2.05, 4.69) is 10.6 Å². The summed E-state index contributed by atoms with van der Waals surface area (Å²) in [6, 6.07) is 8.93. The Kier molecular flexibility index (Phi) is 6.19. The van der Waals surface area contributed by atoms with Gasteiger partial charge in [0.25, 0.3) is 0 Å². The number of fused-ring (bicyclic) bond motifs is 1. The molecule has 1 fully saturated rings. The van der Waals surface area contributed by atoms with Crippen molar-refractivity contribution in [1.82, 2.24) is 10.6 Å². The van der Waals surface area contributed by atoms with Crippen molar-refractivity contribution in [2.45, 2.75) is 65.0 Å². The summed E-state index contributed by atoms with van der Waals surface area (Å²) < 4.78 is 5.85. The van der Waals surface area contributed by atoms with Crippen molar-refractivity contribution in [3.8, 4) is 0 Å². The van der Waals surface area contributed by atoms with E-state index in [9.17, 15) is 9.59 Å². The summed E-state index contributed by atoms with van der Waals surface area (Å²) in [7, 11) is 0. The summed E-state index contributed by atoms with van der Waals surface area (Å²) >= 11 is 0. The molecule has 1 heterocycles. The van der Waals surface area contributed by atoms with Gasteiger partial charge in [0, 0.05) is 11.3 Å². The fourth-order valence-electron chi connectivity index (χ4n) is 3.76. The number of para-hydroxylation sites is 1. The van der Waals surface area contributed by atoms with E-state index in [1.165, 1.54) is 6.42 Å². The molecule has 0 unspecified atom stereocenters. The van der Waals surface area contributed by atoms with Gasteiger partial charge in [-0.05, 0) is 37.8 Å². The first-order chi connectivity index (χ1) is 13.0. The number of amides is 2. The lowest BCUT2D eigenvalue weighted by Crippen LogP contribution is -2.51. The number of carbonyl (C=O) groups excluding carboxylic acids is 2. The average molecular weight is 370 g/mol. The molecule has 0 radical (unpaired) electrons. The van der Waals surface area contributed by atoms with Crippen LogP contribution in [0.1, 0.15) is 64.7 Å². The smallest absolute Gasteiger partial charge is 0.243 e. The Labute approximate surface area is 160 Å². The van der Waals surface area contributed by atoms with Gasteiger partial charge in [-0.25, -0.2) is 0 Å². The standard InChI is InChI=1S/C22H30N2O3/c1-14(2)20(24-21(25)16-9-5-4-6-10-16)22(26)23-15(3)19-13-17-11-7-8-12-18(17)27-19/h7-8,11-16,20H,4-6,9-10H2,1-3H3,(H,23,26)(H,24,25)/t15-,20+/m1/s1. The molecule has 2 N–H and O–H groups in total. The average Bonchev–Trinajstić information content (AvgIpc) is 3.10. The summed E-state index contributed by atoms with van der Waals surface area (Å²) in [6.07, 6.45) is 5.24. The molecule has 2 amide bonds. The molecule has 1 aliphatic rings. The van der Waals surface area contributed by atoms with Crippen molar-refractivity contribution in [3.05, 3.63) is 36.1 Å². The highest BCUT2D eigenvalue weighted by Crippen LogP contribution is 2.25. The van der Waals surface area contributed by atoms with Crippen LogP contribution in [0.4, 0.5) is 0 Å². The van der Waals surface area contributed by atoms with Gasteiger partial charge in [0.15, 0.2) is 0 Å². The van der Waals surface area contributed by atoms with Crippen LogP contribution in [0.25, 0.3) is 11.0 Å². The van der Waals surface area contributed by atoms with E-state index in [1.807, 2.05) is 51.1 Å². The molecule has 1 aromatic heterocycles. The number of nitrogens with one attached hydrogen (secondary N) is 2. The monoisotopic (exact) mass is 370 g/mol. The topological polar surface area (TPSA) is 71.3 Å². The van der Waals surface area contributed by atoms with Crippen molar-refractivity contribution in [3.63, 3.8) is 0 Å². The fourth-order valence-corrected chi connectivity index (χ4v) is 3.76. The highest BCUT2D eigenvalue weighted by Gasteiger charge is 2.29. The highest BCUT2D eigenvalue weighted by molar-refractivity contribution is 5.89. The minimum atomic E-state index is -0.536. The second-order valence-electron chi connectivity index (χ2n) is 7.98. The maximum Gasteiger partial charge on any atom is 0.243 e. The van der Waals surface area contributed by atoms with Crippen LogP contribution in [0.3, 0.4) is 0 Å². The van der Waals surface area contributed by atoms with Crippen LogP contribution in [0.5, 0.6) is 0 Å². The SMILES string of the molecule is CC(C)[C@H](NC(=O)C1CCCCC1)C(=O)N[C@H](C)c1cc2ccccc2o1. The van der Waals surface area contributed by atoms with Crippen LogP contribution in [0.2, 0.25) is 0 Å². The van der Waals surface area contributed by atoms with Gasteiger partial charge in [0.05, 0.1) is 6.04 Å². The summed E-state index contributed by atoms with van der Waals surface area (Å²) in [4.78, 5) is 25.4. The molecule has 2 atom stereocenters. The maximum atomic E-state index is 12.8. The molecule has 146 valence electrons. The first-order valence-corrected chi connectivity index (χ1v) is 10.0. The minimum Gasteiger partial charge on any atom is -0.459 e. The predicted molar refractivity (Wildman–Crippen MR) is 106 cm³/mol. The maximum absolute atomic E-state index is 12.8. The predicted octanol–water partition coefficient (Wildman–Crippen LogP) is 4.33. The van der Waals surface area contributed by atoms with Gasteiger partial charge in [0.2, 0.25) is 11.8 Å². The lowest BCUT2D eigenvalue weighted by molar-refractivity contribution is -0.133. The normalized spacial score (nSPS) is 17.6. The minimum absolute atomic E-state index is 0.0138. The number of hydrogen-bond acceptors (Lipinski definition) is 3. The molecule has 2 aromatic rings. The van der Waals surface area contributed by atoms with E-state index in [0.717, 1.165) is 36.7 Å². The zero-order chi connectivity index (χ0) is 19.4. The lowest BCUT2D eigenvalue weighted by Gasteiger charge is -2.27. The summed E-state index contributed by atoms with van der Waals surface area (Å²) in [5.74, 6) is 0.619. The third-order valence-corrected chi connectivity index (χ3v) is 5.45. The highest BCUT2D eigenvalue weighted by atomic mass is 16.3. The van der Waals surface area contributed by atoms with Crippen molar-refractivity contribution < 1.29 is 14.0 Å². The first-order valence-electron chi connectivity index (χ1n) is 10.0. The lowest BCUT2D eigenvalue weighted by atomic mass is 9.88. The van der Waals surface area contributed by atoms with Gasteiger partial charge in [0.1, 0.15) is 17.4 Å². The Hall–Kier alpha value is -2.30. The van der Waals surface area contributed by atoms with Crippen molar-refractivity contribution in [2.75, 3.05) is 0 Å². The van der Waals surface area contributed by atoms with Crippen LogP contribution in [-0.4, -0.2) is 17.9 Å². The quantitative estimate of drug-likeness (QED) is 0.795. The fraction of sp³-hybridized carbons (Fsp3) is 0.545. The van der Waals surface area contributed by atoms with Gasteiger partial charge >= 0.3 is 0 Å². The largest absolute Gasteiger partial charge is 0.459 e. The van der Waals surface area contributed by atoms with E-state index in [-0.39, 0.29) is 29.7 Å². The molecule has 0 saturated heterocycles. The Morgan fingerprint density at radius 3 is 2.41 bits per heavy atom. The Balaban J connectivity index is 1.64. The molecule has 0 spiro atoms. The molecular formula is C22H30N2O3. The van der Waals surface area contributed by atoms with Gasteiger partial charge < -0.3 is 15.1 Å². The molecule has 1 aromatic carbocycles. The molecule has 1 saturated carbocycles. The van der Waals surface area contributed by atoms with Crippen LogP contribution in [-0.2, 0) is 9.59 Å². The Morgan fingerprint density at radius 2 is 1.74 bits per heavy atom. The number of furan rings is 1. The number of carbonyl (C=O) groups is 2. The van der Waals surface area contributed by atoms with E-state index < -0.39 is 6.04 Å². The van der Waals surface area contributed by atoms with Gasteiger partial charge in [-0.3, -0.25) is 9.59 Å². The van der Waals surface area contributed by atoms with Crippen molar-refractivity contribution in [1.29, 1.82) is 0 Å². The van der Waals surface area contributed by atoms with Crippen LogP contribution < -0.4 is 10.6 Å². The Bertz CT molecular complexity index is 757. The number of rotatable bonds is 6. The summed E-state index contributed by atoms with van der Waals surface area (Å²) in [5.41, 5.74) is 0.805. The third kappa shape index (κ3) is 4.71. The van der Waals surface area contributed by atoms with Crippen LogP contribution in [0, 0.1) is 11.8 Å². The van der Waals surface area contributed by atoms with Gasteiger partial charge in [-0.2, -0.15) is 0 Å². The van der Waals surface area contributed by atoms with E-state index in [1.54, 1.807) is 0 Å². The van der Waals surface area contributed by atoms with Gasteiger partial charge in [-0.15, -0.1) is 0 Å². The van der Waals surface area contributed by atoms with E-state index in [4.69, 9.17) is 4.42 Å². The molecule has 0 aliphatic heterocycles. The van der Waals surface area contributed by atoms with E-state index >= 15 is 0 Å². The van der Waals surface area contributed by atoms with Crippen LogP contribution in [0.15, 0.2) is 34.7 Å². The molecule has 0 bridgehead atoms. The zero-order valence-electron chi connectivity index (χ0n) is 16.5. The molecule has 5 nitrogen and oxygen atoms in total. The molecule has 1 aliphatic carbocycles.